The molecule has 0 spiro atoms. The molecular weight excluding hydrogens is 288 g/mol. The van der Waals surface area contributed by atoms with Crippen molar-refractivity contribution >= 4 is 30.4 Å². The molecule has 1 heterocycles. The number of benzene rings is 1. The molecule has 84 valence electrons. The Labute approximate surface area is 94.2 Å². The van der Waals surface area contributed by atoms with Crippen molar-refractivity contribution in [2.24, 2.45) is 0 Å². The van der Waals surface area contributed by atoms with Gasteiger partial charge in [0.1, 0.15) is 0 Å². The van der Waals surface area contributed by atoms with Gasteiger partial charge in [0, 0.05) is 0 Å². The standard InChI is InChI=1S/C10H5F3O2Se/c11-10(12,13)16-8-5-15-7-4-2-1-3-6(7)9(8)14/h1-5H. The number of halogens is 3. The van der Waals surface area contributed by atoms with E-state index >= 15 is 0 Å². The molecule has 0 amide bonds. The molecule has 0 radical (unpaired) electrons. The zero-order chi connectivity index (χ0) is 11.8. The van der Waals surface area contributed by atoms with Gasteiger partial charge in [-0.15, -0.1) is 0 Å². The molecule has 0 saturated carbocycles. The summed E-state index contributed by atoms with van der Waals surface area (Å²) in [4.78, 5) is 11.7. The van der Waals surface area contributed by atoms with E-state index in [4.69, 9.17) is 4.42 Å². The van der Waals surface area contributed by atoms with Crippen molar-refractivity contribution < 1.29 is 17.6 Å². The fourth-order valence-electron chi connectivity index (χ4n) is 1.26. The van der Waals surface area contributed by atoms with Crippen LogP contribution in [0.5, 0.6) is 0 Å². The topological polar surface area (TPSA) is 30.2 Å². The Morgan fingerprint density at radius 1 is 1.19 bits per heavy atom. The molecule has 0 fully saturated rings. The summed E-state index contributed by atoms with van der Waals surface area (Å²) in [6.45, 7) is 0. The van der Waals surface area contributed by atoms with Crippen molar-refractivity contribution in [3.63, 3.8) is 0 Å². The van der Waals surface area contributed by atoms with Crippen LogP contribution in [0.2, 0.25) is 0 Å². The second kappa shape index (κ2) is 3.96. The van der Waals surface area contributed by atoms with Gasteiger partial charge in [-0.3, -0.25) is 0 Å². The van der Waals surface area contributed by atoms with Crippen LogP contribution in [-0.2, 0) is 0 Å². The molecule has 0 N–H and O–H groups in total. The van der Waals surface area contributed by atoms with Crippen molar-refractivity contribution in [2.75, 3.05) is 0 Å². The Morgan fingerprint density at radius 3 is 2.56 bits per heavy atom. The van der Waals surface area contributed by atoms with Gasteiger partial charge in [-0.05, 0) is 0 Å². The molecule has 0 bridgehead atoms. The number of fused-ring (bicyclic) bond motifs is 1. The van der Waals surface area contributed by atoms with E-state index in [1.807, 2.05) is 0 Å². The van der Waals surface area contributed by atoms with Gasteiger partial charge in [0.05, 0.1) is 0 Å². The molecule has 1 aromatic carbocycles. The van der Waals surface area contributed by atoms with Crippen molar-refractivity contribution in [3.8, 4) is 0 Å². The summed E-state index contributed by atoms with van der Waals surface area (Å²) < 4.78 is 41.2. The Morgan fingerprint density at radius 2 is 1.88 bits per heavy atom. The van der Waals surface area contributed by atoms with Crippen LogP contribution >= 0.6 is 0 Å². The Balaban J connectivity index is 2.57. The quantitative estimate of drug-likeness (QED) is 0.748. The van der Waals surface area contributed by atoms with Gasteiger partial charge in [0.15, 0.2) is 0 Å². The molecule has 0 aliphatic rings. The van der Waals surface area contributed by atoms with E-state index in [9.17, 15) is 18.0 Å². The van der Waals surface area contributed by atoms with Crippen LogP contribution < -0.4 is 9.89 Å². The van der Waals surface area contributed by atoms with E-state index in [2.05, 4.69) is 0 Å². The molecule has 2 aromatic rings. The van der Waals surface area contributed by atoms with Crippen LogP contribution in [0.1, 0.15) is 0 Å². The summed E-state index contributed by atoms with van der Waals surface area (Å²) in [7, 11) is 0. The third-order valence-corrected chi connectivity index (χ3v) is 3.41. The SMILES string of the molecule is O=c1c([Se]C(F)(F)F)coc2ccccc12. The fourth-order valence-corrected chi connectivity index (χ4v) is 2.41. The normalized spacial score (nSPS) is 11.9. The van der Waals surface area contributed by atoms with Crippen LogP contribution in [0, 0.1) is 0 Å². The number of rotatable bonds is 1. The van der Waals surface area contributed by atoms with Gasteiger partial charge in [0.25, 0.3) is 0 Å². The third kappa shape index (κ3) is 2.28. The van der Waals surface area contributed by atoms with Crippen molar-refractivity contribution in [3.05, 3.63) is 40.8 Å². The van der Waals surface area contributed by atoms with Crippen molar-refractivity contribution in [2.45, 2.75) is 5.07 Å². The molecule has 6 heteroatoms. The van der Waals surface area contributed by atoms with E-state index < -0.39 is 25.5 Å². The van der Waals surface area contributed by atoms with Crippen LogP contribution in [0.3, 0.4) is 0 Å². The summed E-state index contributed by atoms with van der Waals surface area (Å²) in [6, 6.07) is 6.24. The Bertz CT molecular complexity index is 574. The maximum absolute atomic E-state index is 12.2. The number of alkyl halides is 3. The third-order valence-electron chi connectivity index (χ3n) is 1.87. The van der Waals surface area contributed by atoms with E-state index in [1.54, 1.807) is 18.2 Å². The van der Waals surface area contributed by atoms with Gasteiger partial charge in [-0.25, -0.2) is 0 Å². The van der Waals surface area contributed by atoms with Gasteiger partial charge in [-0.2, -0.15) is 0 Å². The summed E-state index contributed by atoms with van der Waals surface area (Å²) in [5.41, 5.74) is -0.298. The Hall–Kier alpha value is -1.26. The van der Waals surface area contributed by atoms with Gasteiger partial charge in [0.2, 0.25) is 0 Å². The van der Waals surface area contributed by atoms with E-state index in [0.717, 1.165) is 6.26 Å². The van der Waals surface area contributed by atoms with Crippen LogP contribution in [0.25, 0.3) is 11.0 Å². The zero-order valence-electron chi connectivity index (χ0n) is 7.75. The molecule has 1 aromatic heterocycles. The van der Waals surface area contributed by atoms with Crippen molar-refractivity contribution in [1.82, 2.24) is 0 Å². The minimum atomic E-state index is -4.34. The summed E-state index contributed by atoms with van der Waals surface area (Å²) in [5.74, 6) is 0. The number of hydrogen-bond acceptors (Lipinski definition) is 2. The van der Waals surface area contributed by atoms with E-state index in [-0.39, 0.29) is 9.85 Å². The molecule has 0 saturated heterocycles. The average Bonchev–Trinajstić information content (AvgIpc) is 2.21. The minimum absolute atomic E-state index is 0.186. The molecule has 16 heavy (non-hydrogen) atoms. The van der Waals surface area contributed by atoms with Gasteiger partial charge >= 0.3 is 93.8 Å². The second-order valence-electron chi connectivity index (χ2n) is 2.97. The molecular formula is C10H5F3O2Se. The molecule has 0 unspecified atom stereocenters. The number of para-hydroxylation sites is 1. The van der Waals surface area contributed by atoms with Crippen molar-refractivity contribution in [1.29, 1.82) is 0 Å². The van der Waals surface area contributed by atoms with E-state index in [0.29, 0.717) is 5.58 Å². The first-order valence-corrected chi connectivity index (χ1v) is 5.95. The van der Waals surface area contributed by atoms with Crippen LogP contribution in [0.4, 0.5) is 13.2 Å². The van der Waals surface area contributed by atoms with Crippen LogP contribution in [-0.4, -0.2) is 20.0 Å². The summed E-state index contributed by atoms with van der Waals surface area (Å²) in [6.07, 6.45) is 0.901. The first kappa shape index (κ1) is 11.2. The predicted molar refractivity (Wildman–Crippen MR) is 53.9 cm³/mol. The monoisotopic (exact) mass is 294 g/mol. The first-order chi connectivity index (χ1) is 7.47. The second-order valence-corrected chi connectivity index (χ2v) is 5.30. The fraction of sp³-hybridized carbons (Fsp3) is 0.100. The number of hydrogen-bond donors (Lipinski definition) is 0. The summed E-state index contributed by atoms with van der Waals surface area (Å²) in [5, 5.41) is -4.16. The predicted octanol–water partition coefficient (Wildman–Crippen LogP) is 1.64. The van der Waals surface area contributed by atoms with Crippen LogP contribution in [0.15, 0.2) is 39.7 Å². The maximum atomic E-state index is 12.2. The molecule has 2 nitrogen and oxygen atoms in total. The van der Waals surface area contributed by atoms with E-state index in [1.165, 1.54) is 6.07 Å². The summed E-state index contributed by atoms with van der Waals surface area (Å²) >= 11 is -1.86. The molecule has 2 rings (SSSR count). The van der Waals surface area contributed by atoms with Gasteiger partial charge < -0.3 is 0 Å². The van der Waals surface area contributed by atoms with Gasteiger partial charge in [-0.1, -0.05) is 0 Å². The molecule has 0 aliphatic heterocycles. The molecule has 0 atom stereocenters. The zero-order valence-corrected chi connectivity index (χ0v) is 9.46. The average molecular weight is 293 g/mol. The Kier molecular flexibility index (Phi) is 2.78. The first-order valence-electron chi connectivity index (χ1n) is 4.24. The molecule has 0 aliphatic carbocycles.